The number of fused-ring (bicyclic) bond motifs is 8. The Morgan fingerprint density at radius 3 is 1.08 bits per heavy atom. The van der Waals surface area contributed by atoms with E-state index in [1.54, 1.807) is 0 Å². The molecule has 7 rings (SSSR count). The van der Waals surface area contributed by atoms with Gasteiger partial charge in [-0.1, -0.05) is 156 Å². The van der Waals surface area contributed by atoms with Crippen molar-refractivity contribution in [2.75, 3.05) is 0 Å². The van der Waals surface area contributed by atoms with Crippen LogP contribution in [0.1, 0.15) is 128 Å². The van der Waals surface area contributed by atoms with Gasteiger partial charge in [-0.3, -0.25) is 0 Å². The van der Waals surface area contributed by atoms with Crippen LogP contribution in [-0.4, -0.2) is 9.97 Å². The monoisotopic (exact) mass is 748 g/mol. The molecule has 0 saturated heterocycles. The van der Waals surface area contributed by atoms with Crippen LogP contribution in [0.5, 0.6) is 0 Å². The molecule has 53 heavy (non-hydrogen) atoms. The second-order valence-electron chi connectivity index (χ2n) is 18.7. The maximum Gasteiger partial charge on any atom is 2.00 e. The van der Waals surface area contributed by atoms with Crippen molar-refractivity contribution in [1.82, 2.24) is 19.9 Å². The van der Waals surface area contributed by atoms with Gasteiger partial charge in [0.25, 0.3) is 0 Å². The molecule has 0 spiro atoms. The summed E-state index contributed by atoms with van der Waals surface area (Å²) in [6, 6.07) is 26.6. The van der Waals surface area contributed by atoms with Gasteiger partial charge in [-0.2, -0.15) is 0 Å². The fourth-order valence-corrected chi connectivity index (χ4v) is 6.82. The summed E-state index contributed by atoms with van der Waals surface area (Å²) < 4.78 is 0. The summed E-state index contributed by atoms with van der Waals surface area (Å²) in [5.41, 5.74) is 16.5. The average Bonchev–Trinajstić information content (AvgIpc) is 3.86. The average molecular weight is 750 g/mol. The molecule has 0 unspecified atom stereocenters. The number of nitrogens with zero attached hydrogens (tertiary/aromatic N) is 4. The molecule has 0 N–H and O–H groups in total. The molecule has 2 aliphatic rings. The molecule has 0 aliphatic carbocycles. The minimum atomic E-state index is -0.0216. The Morgan fingerprint density at radius 1 is 0.396 bits per heavy atom. The third-order valence-electron chi connectivity index (χ3n) is 10.2. The van der Waals surface area contributed by atoms with Gasteiger partial charge in [0, 0.05) is 5.56 Å². The summed E-state index contributed by atoms with van der Waals surface area (Å²) in [5.74, 6) is 0. The van der Waals surface area contributed by atoms with E-state index in [2.05, 4.69) is 180 Å². The molecule has 5 aromatic rings. The van der Waals surface area contributed by atoms with Crippen LogP contribution in [-0.2, 0) is 41.1 Å². The van der Waals surface area contributed by atoms with Gasteiger partial charge in [-0.05, 0) is 84.9 Å². The van der Waals surface area contributed by atoms with E-state index in [0.717, 1.165) is 67.1 Å². The van der Waals surface area contributed by atoms with Crippen LogP contribution in [0.2, 0.25) is 0 Å². The second-order valence-corrected chi connectivity index (χ2v) is 18.7. The van der Waals surface area contributed by atoms with Gasteiger partial charge in [0.05, 0.1) is 22.8 Å². The minimum Gasteiger partial charge on any atom is -0.657 e. The van der Waals surface area contributed by atoms with Crippen molar-refractivity contribution < 1.29 is 19.5 Å². The van der Waals surface area contributed by atoms with Crippen LogP contribution in [0.15, 0.2) is 72.8 Å². The van der Waals surface area contributed by atoms with Crippen molar-refractivity contribution in [3.63, 3.8) is 0 Å². The van der Waals surface area contributed by atoms with Crippen molar-refractivity contribution >= 4 is 46.4 Å². The van der Waals surface area contributed by atoms with Crippen molar-refractivity contribution in [2.24, 2.45) is 0 Å². The normalized spacial score (nSPS) is 13.4. The molecule has 2 aromatic carbocycles. The molecular formula is C48H52N4Zn. The largest absolute Gasteiger partial charge is 2.00 e. The Balaban J connectivity index is 0.00000481. The molecule has 0 saturated carbocycles. The standard InChI is InChI=1S/C48H52N4.Zn/c1-45(2,3)31-21-29(22-32(25-31)46(4,5)6)43-39-17-13-35(49-39)27-37-15-19-41(51-37)44(42-20-16-38(52-42)28-36-14-18-40(43)50-36)30-23-33(47(7,8)9)26-34(24-30)48(10,11)12;/h13-28H,1-12H3;/q-2;+2. The maximum atomic E-state index is 5.21. The smallest absolute Gasteiger partial charge is 0.657 e. The van der Waals surface area contributed by atoms with Gasteiger partial charge in [0.1, 0.15) is 0 Å². The van der Waals surface area contributed by atoms with Crippen LogP contribution in [0.4, 0.5) is 0 Å². The van der Waals surface area contributed by atoms with Gasteiger partial charge >= 0.3 is 19.5 Å². The quantitative estimate of drug-likeness (QED) is 0.165. The van der Waals surface area contributed by atoms with E-state index in [4.69, 9.17) is 19.9 Å². The Kier molecular flexibility index (Phi) is 9.78. The van der Waals surface area contributed by atoms with Crippen LogP contribution >= 0.6 is 0 Å². The summed E-state index contributed by atoms with van der Waals surface area (Å²) >= 11 is 0. The Bertz CT molecular complexity index is 2280. The Hall–Kier alpha value is -4.34. The molecule has 0 fully saturated rings. The molecule has 0 atom stereocenters. The van der Waals surface area contributed by atoms with Gasteiger partial charge in [0.2, 0.25) is 0 Å². The maximum absolute atomic E-state index is 5.21. The summed E-state index contributed by atoms with van der Waals surface area (Å²) in [6.45, 7) is 27.3. The molecule has 4 nitrogen and oxygen atoms in total. The first-order chi connectivity index (χ1) is 24.2. The van der Waals surface area contributed by atoms with Crippen LogP contribution in [0.3, 0.4) is 0 Å². The van der Waals surface area contributed by atoms with Crippen molar-refractivity contribution in [3.8, 4) is 22.3 Å². The van der Waals surface area contributed by atoms with Crippen molar-refractivity contribution in [3.05, 3.63) is 118 Å². The zero-order chi connectivity index (χ0) is 37.4. The predicted molar refractivity (Wildman–Crippen MR) is 222 cm³/mol. The fraction of sp³-hybridized carbons (Fsp3) is 0.333. The van der Waals surface area contributed by atoms with Gasteiger partial charge in [-0.15, -0.1) is 22.1 Å². The topological polar surface area (TPSA) is 54.0 Å². The third-order valence-corrected chi connectivity index (χ3v) is 10.2. The minimum absolute atomic E-state index is 0. The van der Waals surface area contributed by atoms with E-state index in [9.17, 15) is 0 Å². The summed E-state index contributed by atoms with van der Waals surface area (Å²) in [7, 11) is 0. The van der Waals surface area contributed by atoms with Gasteiger partial charge in [0.15, 0.2) is 0 Å². The molecule has 5 heteroatoms. The number of hydrogen-bond donors (Lipinski definition) is 0. The Morgan fingerprint density at radius 2 is 0.736 bits per heavy atom. The molecule has 3 aromatic heterocycles. The predicted octanol–water partition coefficient (Wildman–Crippen LogP) is 12.4. The van der Waals surface area contributed by atoms with E-state index < -0.39 is 0 Å². The van der Waals surface area contributed by atoms with Gasteiger partial charge in [-0.25, -0.2) is 9.97 Å². The molecule has 8 bridgehead atoms. The molecule has 2 aliphatic heterocycles. The van der Waals surface area contributed by atoms with E-state index in [0.29, 0.717) is 0 Å². The SMILES string of the molecule is CC(C)(C)c1cc(-c2c3nc(cc4ccc([n-]4)c(-c4cc(C(C)(C)C)cc(C(C)(C)C)c4)c4ccc(cc5nc2C=C5)[n-]4)C=C3)cc(C(C)(C)C)c1.[Zn+2]. The molecule has 0 amide bonds. The first kappa shape index (κ1) is 38.4. The number of rotatable bonds is 2. The van der Waals surface area contributed by atoms with Crippen molar-refractivity contribution in [1.29, 1.82) is 0 Å². The first-order valence-corrected chi connectivity index (χ1v) is 18.6. The molecule has 5 heterocycles. The zero-order valence-electron chi connectivity index (χ0n) is 33.7. The second kappa shape index (κ2) is 13.5. The fourth-order valence-electron chi connectivity index (χ4n) is 6.82. The number of benzene rings is 2. The number of aromatic nitrogens is 4. The van der Waals surface area contributed by atoms with E-state index in [1.165, 1.54) is 22.3 Å². The molecule has 0 radical (unpaired) electrons. The van der Waals surface area contributed by atoms with E-state index in [1.807, 2.05) is 0 Å². The molecule has 266 valence electrons. The zero-order valence-corrected chi connectivity index (χ0v) is 36.7. The van der Waals surface area contributed by atoms with Crippen molar-refractivity contribution in [2.45, 2.75) is 105 Å². The first-order valence-electron chi connectivity index (χ1n) is 18.6. The summed E-state index contributed by atoms with van der Waals surface area (Å²) in [6.07, 6.45) is 8.42. The van der Waals surface area contributed by atoms with E-state index >= 15 is 0 Å². The molecular weight excluding hydrogens is 698 g/mol. The van der Waals surface area contributed by atoms with Crippen LogP contribution < -0.4 is 9.97 Å². The van der Waals surface area contributed by atoms with Crippen LogP contribution in [0, 0.1) is 0 Å². The third kappa shape index (κ3) is 7.97. The Labute approximate surface area is 329 Å². The summed E-state index contributed by atoms with van der Waals surface area (Å²) in [5, 5.41) is 0. The summed E-state index contributed by atoms with van der Waals surface area (Å²) in [4.78, 5) is 20.8. The van der Waals surface area contributed by atoms with E-state index in [-0.39, 0.29) is 41.1 Å². The van der Waals surface area contributed by atoms with Crippen LogP contribution in [0.25, 0.3) is 68.6 Å². The van der Waals surface area contributed by atoms with Gasteiger partial charge < -0.3 is 9.97 Å². The number of hydrogen-bond acceptors (Lipinski definition) is 2.